The SMILES string of the molecule is NCCc1cnc(Sc2n[nH]c(=O)n2C2CC2)nc1. The molecule has 19 heavy (non-hydrogen) atoms. The Morgan fingerprint density at radius 2 is 2.16 bits per heavy atom. The third-order valence-electron chi connectivity index (χ3n) is 2.88. The average Bonchev–Trinajstić information content (AvgIpc) is 3.18. The predicted octanol–water partition coefficient (Wildman–Crippen LogP) is 0.349. The highest BCUT2D eigenvalue weighted by Crippen LogP contribution is 2.36. The molecule has 3 N–H and O–H groups in total. The Labute approximate surface area is 113 Å². The van der Waals surface area contributed by atoms with Gasteiger partial charge < -0.3 is 5.73 Å². The fraction of sp³-hybridized carbons (Fsp3) is 0.455. The fourth-order valence-electron chi connectivity index (χ4n) is 1.79. The average molecular weight is 278 g/mol. The summed E-state index contributed by atoms with van der Waals surface area (Å²) in [5, 5.41) is 7.70. The number of nitrogens with one attached hydrogen (secondary N) is 1. The van der Waals surface area contributed by atoms with Gasteiger partial charge in [0.2, 0.25) is 0 Å². The van der Waals surface area contributed by atoms with Gasteiger partial charge in [-0.25, -0.2) is 19.9 Å². The molecule has 0 unspecified atom stereocenters. The number of nitrogens with zero attached hydrogens (tertiary/aromatic N) is 4. The summed E-state index contributed by atoms with van der Waals surface area (Å²) in [7, 11) is 0. The van der Waals surface area contributed by atoms with E-state index in [-0.39, 0.29) is 11.7 Å². The number of nitrogens with two attached hydrogens (primary N) is 1. The van der Waals surface area contributed by atoms with Gasteiger partial charge in [-0.3, -0.25) is 4.57 Å². The van der Waals surface area contributed by atoms with E-state index in [9.17, 15) is 4.79 Å². The van der Waals surface area contributed by atoms with Crippen LogP contribution in [0.2, 0.25) is 0 Å². The first-order valence-electron chi connectivity index (χ1n) is 6.13. The summed E-state index contributed by atoms with van der Waals surface area (Å²) in [4.78, 5) is 20.1. The lowest BCUT2D eigenvalue weighted by molar-refractivity contribution is 0.641. The van der Waals surface area contributed by atoms with Crippen LogP contribution in [0.4, 0.5) is 0 Å². The zero-order chi connectivity index (χ0) is 13.2. The van der Waals surface area contributed by atoms with E-state index in [0.29, 0.717) is 16.9 Å². The number of aromatic amines is 1. The van der Waals surface area contributed by atoms with E-state index in [0.717, 1.165) is 24.8 Å². The lowest BCUT2D eigenvalue weighted by atomic mass is 10.2. The van der Waals surface area contributed by atoms with E-state index < -0.39 is 0 Å². The molecule has 2 aromatic rings. The van der Waals surface area contributed by atoms with Gasteiger partial charge in [0, 0.05) is 18.4 Å². The minimum absolute atomic E-state index is 0.162. The lowest BCUT2D eigenvalue weighted by Gasteiger charge is -2.02. The van der Waals surface area contributed by atoms with Gasteiger partial charge >= 0.3 is 5.69 Å². The highest BCUT2D eigenvalue weighted by molar-refractivity contribution is 7.99. The Hall–Kier alpha value is -1.67. The van der Waals surface area contributed by atoms with Crippen LogP contribution in [-0.4, -0.2) is 31.3 Å². The molecule has 2 heterocycles. The third kappa shape index (κ3) is 2.69. The molecule has 0 saturated heterocycles. The van der Waals surface area contributed by atoms with Crippen molar-refractivity contribution in [3.8, 4) is 0 Å². The minimum Gasteiger partial charge on any atom is -0.330 e. The van der Waals surface area contributed by atoms with Crippen LogP contribution >= 0.6 is 11.8 Å². The highest BCUT2D eigenvalue weighted by atomic mass is 32.2. The molecule has 100 valence electrons. The summed E-state index contributed by atoms with van der Waals surface area (Å²) >= 11 is 1.30. The molecule has 2 aromatic heterocycles. The Kier molecular flexibility index (Phi) is 3.34. The first-order chi connectivity index (χ1) is 9.28. The van der Waals surface area contributed by atoms with E-state index in [4.69, 9.17) is 5.73 Å². The standard InChI is InChI=1S/C11H14N6OS/c12-4-3-7-5-13-9(14-6-7)19-11-16-15-10(18)17(11)8-1-2-8/h5-6,8H,1-4,12H2,(H,15,18). The van der Waals surface area contributed by atoms with Crippen LogP contribution in [0.5, 0.6) is 0 Å². The molecule has 1 fully saturated rings. The monoisotopic (exact) mass is 278 g/mol. The van der Waals surface area contributed by atoms with Crippen molar-refractivity contribution in [1.82, 2.24) is 24.7 Å². The Bertz CT molecular complexity index is 615. The van der Waals surface area contributed by atoms with Crippen molar-refractivity contribution in [3.05, 3.63) is 28.4 Å². The summed E-state index contributed by atoms with van der Waals surface area (Å²) in [5.41, 5.74) is 6.32. The van der Waals surface area contributed by atoms with Crippen molar-refractivity contribution < 1.29 is 0 Å². The maximum atomic E-state index is 11.6. The van der Waals surface area contributed by atoms with Crippen LogP contribution in [0.25, 0.3) is 0 Å². The first kappa shape index (κ1) is 12.4. The van der Waals surface area contributed by atoms with Crippen LogP contribution in [0.15, 0.2) is 27.5 Å². The van der Waals surface area contributed by atoms with Gasteiger partial charge in [-0.05, 0) is 43.1 Å². The van der Waals surface area contributed by atoms with E-state index >= 15 is 0 Å². The molecular formula is C11H14N6OS. The van der Waals surface area contributed by atoms with Gasteiger partial charge in [0.05, 0.1) is 0 Å². The maximum absolute atomic E-state index is 11.6. The van der Waals surface area contributed by atoms with Crippen LogP contribution in [0.1, 0.15) is 24.4 Å². The van der Waals surface area contributed by atoms with E-state index in [2.05, 4.69) is 20.2 Å². The largest absolute Gasteiger partial charge is 0.344 e. The molecule has 1 aliphatic rings. The molecular weight excluding hydrogens is 264 g/mol. The summed E-state index contributed by atoms with van der Waals surface area (Å²) in [6.07, 6.45) is 6.34. The van der Waals surface area contributed by atoms with Crippen molar-refractivity contribution in [1.29, 1.82) is 0 Å². The van der Waals surface area contributed by atoms with E-state index in [1.807, 2.05) is 0 Å². The normalized spacial score (nSPS) is 14.8. The predicted molar refractivity (Wildman–Crippen MR) is 70.0 cm³/mol. The van der Waals surface area contributed by atoms with Crippen molar-refractivity contribution in [2.24, 2.45) is 5.73 Å². The number of hydrogen-bond acceptors (Lipinski definition) is 6. The van der Waals surface area contributed by atoms with Crippen molar-refractivity contribution in [2.45, 2.75) is 35.6 Å². The Morgan fingerprint density at radius 3 is 2.79 bits per heavy atom. The van der Waals surface area contributed by atoms with Crippen LogP contribution in [0.3, 0.4) is 0 Å². The zero-order valence-corrected chi connectivity index (χ0v) is 11.1. The van der Waals surface area contributed by atoms with Crippen LogP contribution in [-0.2, 0) is 6.42 Å². The van der Waals surface area contributed by atoms with E-state index in [1.165, 1.54) is 11.8 Å². The van der Waals surface area contributed by atoms with Gasteiger partial charge in [0.25, 0.3) is 0 Å². The molecule has 0 atom stereocenters. The topological polar surface area (TPSA) is 102 Å². The molecule has 1 saturated carbocycles. The first-order valence-corrected chi connectivity index (χ1v) is 6.95. The molecule has 0 spiro atoms. The summed E-state index contributed by atoms with van der Waals surface area (Å²) in [6.45, 7) is 0.580. The molecule has 8 heteroatoms. The minimum atomic E-state index is -0.162. The van der Waals surface area contributed by atoms with Gasteiger partial charge in [-0.2, -0.15) is 0 Å². The number of H-pyrrole nitrogens is 1. The van der Waals surface area contributed by atoms with Gasteiger partial charge in [0.1, 0.15) is 0 Å². The van der Waals surface area contributed by atoms with Gasteiger partial charge in [-0.15, -0.1) is 5.10 Å². The molecule has 0 amide bonds. The molecule has 0 aromatic carbocycles. The van der Waals surface area contributed by atoms with E-state index in [1.54, 1.807) is 17.0 Å². The van der Waals surface area contributed by atoms with Crippen molar-refractivity contribution in [3.63, 3.8) is 0 Å². The molecule has 0 aliphatic heterocycles. The van der Waals surface area contributed by atoms with Crippen molar-refractivity contribution >= 4 is 11.8 Å². The number of aromatic nitrogens is 5. The maximum Gasteiger partial charge on any atom is 0.344 e. The Morgan fingerprint density at radius 1 is 1.42 bits per heavy atom. The quantitative estimate of drug-likeness (QED) is 0.765. The zero-order valence-electron chi connectivity index (χ0n) is 10.2. The summed E-state index contributed by atoms with van der Waals surface area (Å²) in [6, 6.07) is 0.283. The van der Waals surface area contributed by atoms with Crippen LogP contribution in [0, 0.1) is 0 Å². The van der Waals surface area contributed by atoms with Gasteiger partial charge in [-0.1, -0.05) is 0 Å². The van der Waals surface area contributed by atoms with Crippen LogP contribution < -0.4 is 11.4 Å². The summed E-state index contributed by atoms with van der Waals surface area (Å²) < 4.78 is 1.68. The van der Waals surface area contributed by atoms with Crippen molar-refractivity contribution in [2.75, 3.05) is 6.54 Å². The number of hydrogen-bond donors (Lipinski definition) is 2. The highest BCUT2D eigenvalue weighted by Gasteiger charge is 2.29. The lowest BCUT2D eigenvalue weighted by Crippen LogP contribution is -2.16. The second-order valence-electron chi connectivity index (χ2n) is 4.43. The molecule has 0 bridgehead atoms. The molecule has 1 aliphatic carbocycles. The Balaban J connectivity index is 1.79. The second kappa shape index (κ2) is 5.14. The second-order valence-corrected chi connectivity index (χ2v) is 5.36. The van der Waals surface area contributed by atoms with Gasteiger partial charge in [0.15, 0.2) is 10.3 Å². The number of rotatable bonds is 5. The molecule has 3 rings (SSSR count). The third-order valence-corrected chi connectivity index (χ3v) is 3.75. The smallest absolute Gasteiger partial charge is 0.330 e. The molecule has 0 radical (unpaired) electrons. The molecule has 7 nitrogen and oxygen atoms in total. The summed E-state index contributed by atoms with van der Waals surface area (Å²) in [5.74, 6) is 0. The fourth-order valence-corrected chi connectivity index (χ4v) is 2.59.